The van der Waals surface area contributed by atoms with Crippen molar-refractivity contribution in [1.29, 1.82) is 0 Å². The van der Waals surface area contributed by atoms with Crippen LogP contribution in [-0.4, -0.2) is 54.8 Å². The molecule has 8 heteroatoms. The van der Waals surface area contributed by atoms with Crippen LogP contribution in [0.4, 0.5) is 0 Å². The van der Waals surface area contributed by atoms with Crippen LogP contribution in [0.3, 0.4) is 0 Å². The molecular weight excluding hydrogens is 366 g/mol. The van der Waals surface area contributed by atoms with Gasteiger partial charge in [0.1, 0.15) is 5.75 Å². The van der Waals surface area contributed by atoms with Crippen molar-refractivity contribution in [2.75, 3.05) is 26.2 Å². The van der Waals surface area contributed by atoms with E-state index in [2.05, 4.69) is 4.98 Å². The minimum absolute atomic E-state index is 0.0689. The molecule has 27 heavy (non-hydrogen) atoms. The van der Waals surface area contributed by atoms with Crippen molar-refractivity contribution in [2.45, 2.75) is 24.8 Å². The number of amides is 1. The molecule has 0 N–H and O–H groups in total. The fourth-order valence-electron chi connectivity index (χ4n) is 3.70. The number of aryl methyl sites for hydroxylation is 1. The Kier molecular flexibility index (Phi) is 4.39. The summed E-state index contributed by atoms with van der Waals surface area (Å²) in [5, 5.41) is 0. The molecular formula is C19H21N3O4S. The largest absolute Gasteiger partial charge is 0.494 e. The molecule has 3 heterocycles. The van der Waals surface area contributed by atoms with E-state index in [1.54, 1.807) is 35.4 Å². The Labute approximate surface area is 158 Å². The molecule has 0 bridgehead atoms. The number of sulfonamides is 1. The predicted molar refractivity (Wildman–Crippen MR) is 99.1 cm³/mol. The second-order valence-electron chi connectivity index (χ2n) is 6.69. The van der Waals surface area contributed by atoms with Crippen LogP contribution >= 0.6 is 0 Å². The van der Waals surface area contributed by atoms with Crippen LogP contribution in [0.5, 0.6) is 5.75 Å². The van der Waals surface area contributed by atoms with E-state index in [1.165, 1.54) is 4.31 Å². The number of rotatable bonds is 4. The fourth-order valence-corrected chi connectivity index (χ4v) is 5.14. The zero-order chi connectivity index (χ0) is 19.2. The highest BCUT2D eigenvalue weighted by Crippen LogP contribution is 2.37. The summed E-state index contributed by atoms with van der Waals surface area (Å²) in [4.78, 5) is 18.8. The number of hydrogen-bond acceptors (Lipinski definition) is 5. The van der Waals surface area contributed by atoms with E-state index in [-0.39, 0.29) is 29.9 Å². The molecule has 1 unspecified atom stereocenters. The summed E-state index contributed by atoms with van der Waals surface area (Å²) in [6.07, 6.45) is 1.59. The number of benzene rings is 1. The number of ether oxygens (including phenoxy) is 1. The summed E-state index contributed by atoms with van der Waals surface area (Å²) in [6, 6.07) is 8.07. The average molecular weight is 387 g/mol. The highest BCUT2D eigenvalue weighted by atomic mass is 32.2. The molecule has 1 amide bonds. The maximum Gasteiger partial charge on any atom is 0.256 e. The van der Waals surface area contributed by atoms with Gasteiger partial charge in [-0.25, -0.2) is 8.42 Å². The Hall–Kier alpha value is -2.45. The van der Waals surface area contributed by atoms with Gasteiger partial charge in [0.2, 0.25) is 10.0 Å². The molecule has 1 atom stereocenters. The van der Waals surface area contributed by atoms with Crippen molar-refractivity contribution in [2.24, 2.45) is 0 Å². The first-order valence-corrected chi connectivity index (χ1v) is 10.4. The Morgan fingerprint density at radius 3 is 2.67 bits per heavy atom. The Morgan fingerprint density at radius 2 is 1.96 bits per heavy atom. The number of carbonyl (C=O) groups excluding carboxylic acids is 1. The number of pyridine rings is 1. The van der Waals surface area contributed by atoms with Crippen molar-refractivity contribution in [3.05, 3.63) is 53.3 Å². The van der Waals surface area contributed by atoms with Crippen LogP contribution < -0.4 is 4.74 Å². The van der Waals surface area contributed by atoms with Crippen LogP contribution in [0.1, 0.15) is 34.6 Å². The van der Waals surface area contributed by atoms with Crippen LogP contribution in [0, 0.1) is 6.92 Å². The average Bonchev–Trinajstić information content (AvgIpc) is 2.94. The highest BCUT2D eigenvalue weighted by Gasteiger charge is 2.43. The standard InChI is InChI=1S/C19H21N3O4S/c1-3-26-14-4-6-15(7-5-14)27(24,25)21-8-9-22-18(12-21)16-10-13(2)20-11-17(16)19(22)23/h4-7,10-11,18H,3,8-9,12H2,1-2H3. The zero-order valence-corrected chi connectivity index (χ0v) is 16.1. The maximum absolute atomic E-state index is 13.1. The first kappa shape index (κ1) is 17.9. The fraction of sp³-hybridized carbons (Fsp3) is 0.368. The van der Waals surface area contributed by atoms with Gasteiger partial charge in [-0.3, -0.25) is 9.78 Å². The van der Waals surface area contributed by atoms with Crippen molar-refractivity contribution in [3.63, 3.8) is 0 Å². The van der Waals surface area contributed by atoms with E-state index in [9.17, 15) is 13.2 Å². The van der Waals surface area contributed by atoms with Gasteiger partial charge in [0, 0.05) is 31.5 Å². The molecule has 142 valence electrons. The molecule has 2 aromatic rings. The van der Waals surface area contributed by atoms with Gasteiger partial charge in [-0.15, -0.1) is 0 Å². The number of hydrogen-bond donors (Lipinski definition) is 0. The molecule has 1 aromatic heterocycles. The molecule has 1 fully saturated rings. The molecule has 2 aliphatic heterocycles. The summed E-state index contributed by atoms with van der Waals surface area (Å²) >= 11 is 0. The maximum atomic E-state index is 13.1. The lowest BCUT2D eigenvalue weighted by Gasteiger charge is -2.37. The molecule has 4 rings (SSSR count). The van der Waals surface area contributed by atoms with Gasteiger partial charge in [-0.2, -0.15) is 4.31 Å². The van der Waals surface area contributed by atoms with Crippen molar-refractivity contribution in [1.82, 2.24) is 14.2 Å². The lowest BCUT2D eigenvalue weighted by Crippen LogP contribution is -2.49. The number of piperazine rings is 1. The third kappa shape index (κ3) is 2.98. The smallest absolute Gasteiger partial charge is 0.256 e. The molecule has 0 radical (unpaired) electrons. The minimum Gasteiger partial charge on any atom is -0.494 e. The van der Waals surface area contributed by atoms with Crippen LogP contribution in [0.25, 0.3) is 0 Å². The first-order chi connectivity index (χ1) is 12.9. The lowest BCUT2D eigenvalue weighted by molar-refractivity contribution is 0.0628. The van der Waals surface area contributed by atoms with E-state index in [0.717, 1.165) is 11.3 Å². The predicted octanol–water partition coefficient (Wildman–Crippen LogP) is 1.99. The molecule has 0 spiro atoms. The van der Waals surface area contributed by atoms with Gasteiger partial charge >= 0.3 is 0 Å². The van der Waals surface area contributed by atoms with E-state index < -0.39 is 10.0 Å². The summed E-state index contributed by atoms with van der Waals surface area (Å²) in [5.74, 6) is 0.570. The van der Waals surface area contributed by atoms with E-state index in [4.69, 9.17) is 4.74 Å². The Morgan fingerprint density at radius 1 is 1.22 bits per heavy atom. The zero-order valence-electron chi connectivity index (χ0n) is 15.3. The second-order valence-corrected chi connectivity index (χ2v) is 8.63. The lowest BCUT2D eigenvalue weighted by atomic mass is 10.1. The summed E-state index contributed by atoms with van der Waals surface area (Å²) < 4.78 is 33.0. The van der Waals surface area contributed by atoms with Crippen LogP contribution in [-0.2, 0) is 10.0 Å². The number of aromatic nitrogens is 1. The van der Waals surface area contributed by atoms with E-state index >= 15 is 0 Å². The summed E-state index contributed by atoms with van der Waals surface area (Å²) in [5.41, 5.74) is 2.25. The summed E-state index contributed by atoms with van der Waals surface area (Å²) in [7, 11) is -3.64. The molecule has 2 aliphatic rings. The van der Waals surface area contributed by atoms with Crippen LogP contribution in [0.15, 0.2) is 41.4 Å². The number of carbonyl (C=O) groups is 1. The second kappa shape index (κ2) is 6.61. The molecule has 0 aliphatic carbocycles. The molecule has 7 nitrogen and oxygen atoms in total. The van der Waals surface area contributed by atoms with Gasteiger partial charge in [-0.1, -0.05) is 0 Å². The minimum atomic E-state index is -3.64. The van der Waals surface area contributed by atoms with Crippen molar-refractivity contribution < 1.29 is 17.9 Å². The molecule has 1 aromatic carbocycles. The Balaban J connectivity index is 1.62. The number of nitrogens with zero attached hydrogens (tertiary/aromatic N) is 3. The van der Waals surface area contributed by atoms with Crippen molar-refractivity contribution >= 4 is 15.9 Å². The van der Waals surface area contributed by atoms with Crippen LogP contribution in [0.2, 0.25) is 0 Å². The summed E-state index contributed by atoms with van der Waals surface area (Å²) in [6.45, 7) is 5.16. The SMILES string of the molecule is CCOc1ccc(S(=O)(=O)N2CCN3C(=O)c4cnc(C)cc4C3C2)cc1. The molecule has 0 saturated carbocycles. The quantitative estimate of drug-likeness (QED) is 0.802. The highest BCUT2D eigenvalue weighted by molar-refractivity contribution is 7.89. The monoisotopic (exact) mass is 387 g/mol. The molecule has 1 saturated heterocycles. The van der Waals surface area contributed by atoms with Gasteiger partial charge in [0.15, 0.2) is 0 Å². The van der Waals surface area contributed by atoms with E-state index in [1.807, 2.05) is 19.9 Å². The third-order valence-corrected chi connectivity index (χ3v) is 6.92. The Bertz CT molecular complexity index is 989. The van der Waals surface area contributed by atoms with Crippen molar-refractivity contribution in [3.8, 4) is 5.75 Å². The first-order valence-electron chi connectivity index (χ1n) is 8.92. The normalized spacial score (nSPS) is 19.7. The van der Waals surface area contributed by atoms with Gasteiger partial charge in [-0.05, 0) is 49.7 Å². The van der Waals surface area contributed by atoms with Gasteiger partial charge < -0.3 is 9.64 Å². The number of fused-ring (bicyclic) bond motifs is 3. The third-order valence-electron chi connectivity index (χ3n) is 5.04. The van der Waals surface area contributed by atoms with E-state index in [0.29, 0.717) is 24.5 Å². The van der Waals surface area contributed by atoms with Gasteiger partial charge in [0.05, 0.1) is 23.1 Å². The van der Waals surface area contributed by atoms with Gasteiger partial charge in [0.25, 0.3) is 5.91 Å². The topological polar surface area (TPSA) is 79.8 Å².